The first-order valence-electron chi connectivity index (χ1n) is 6.94. The summed E-state index contributed by atoms with van der Waals surface area (Å²) in [5.41, 5.74) is 1.87. The lowest BCUT2D eigenvalue weighted by atomic mass is 10.1. The van der Waals surface area contributed by atoms with Gasteiger partial charge in [0.2, 0.25) is 0 Å². The van der Waals surface area contributed by atoms with Crippen molar-refractivity contribution in [2.75, 3.05) is 5.75 Å². The highest BCUT2D eigenvalue weighted by Gasteiger charge is 2.09. The second-order valence-electron chi connectivity index (χ2n) is 5.04. The van der Waals surface area contributed by atoms with Crippen molar-refractivity contribution in [2.24, 2.45) is 0 Å². The molecular formula is C19H16OS. The predicted octanol–water partition coefficient (Wildman–Crippen LogP) is 5.12. The van der Waals surface area contributed by atoms with Gasteiger partial charge >= 0.3 is 0 Å². The van der Waals surface area contributed by atoms with Gasteiger partial charge in [0.05, 0.1) is 5.75 Å². The van der Waals surface area contributed by atoms with Gasteiger partial charge in [0.25, 0.3) is 0 Å². The number of rotatable bonds is 4. The second kappa shape index (κ2) is 6.15. The molecule has 0 heterocycles. The smallest absolute Gasteiger partial charge is 0.173 e. The summed E-state index contributed by atoms with van der Waals surface area (Å²) < 4.78 is 0. The molecule has 0 N–H and O–H groups in total. The number of Topliss-reactive ketones (excluding diaryl/α,β-unsaturated/α-hetero) is 1. The van der Waals surface area contributed by atoms with Gasteiger partial charge in [0.1, 0.15) is 0 Å². The van der Waals surface area contributed by atoms with E-state index in [0.29, 0.717) is 5.75 Å². The maximum absolute atomic E-state index is 12.3. The third-order valence-electron chi connectivity index (χ3n) is 3.54. The van der Waals surface area contributed by atoms with E-state index in [-0.39, 0.29) is 5.78 Å². The largest absolute Gasteiger partial charge is 0.293 e. The van der Waals surface area contributed by atoms with Crippen molar-refractivity contribution >= 4 is 28.3 Å². The van der Waals surface area contributed by atoms with Crippen LogP contribution in [0.4, 0.5) is 0 Å². The molecule has 1 nitrogen and oxygen atoms in total. The Kier molecular flexibility index (Phi) is 4.07. The number of carbonyl (C=O) groups is 1. The number of ketones is 1. The predicted molar refractivity (Wildman–Crippen MR) is 90.2 cm³/mol. The maximum Gasteiger partial charge on any atom is 0.173 e. The fraction of sp³-hybridized carbons (Fsp3) is 0.105. The summed E-state index contributed by atoms with van der Waals surface area (Å²) in [6.45, 7) is 1.98. The molecular weight excluding hydrogens is 276 g/mol. The number of aryl methyl sites for hydroxylation is 1. The van der Waals surface area contributed by atoms with E-state index in [1.807, 2.05) is 43.3 Å². The van der Waals surface area contributed by atoms with Crippen LogP contribution in [-0.4, -0.2) is 11.5 Å². The Hall–Kier alpha value is -2.06. The molecule has 3 aromatic rings. The molecule has 0 radical (unpaired) electrons. The summed E-state index contributed by atoms with van der Waals surface area (Å²) in [6.07, 6.45) is 0. The number of thioether (sulfide) groups is 1. The Bertz CT molecular complexity index is 792. The van der Waals surface area contributed by atoms with Crippen LogP contribution in [0.2, 0.25) is 0 Å². The topological polar surface area (TPSA) is 17.1 Å². The molecule has 3 aromatic carbocycles. The van der Waals surface area contributed by atoms with Crippen LogP contribution in [0, 0.1) is 6.92 Å². The van der Waals surface area contributed by atoms with Crippen LogP contribution < -0.4 is 0 Å². The van der Waals surface area contributed by atoms with Crippen molar-refractivity contribution in [3.05, 3.63) is 77.9 Å². The van der Waals surface area contributed by atoms with Crippen molar-refractivity contribution < 1.29 is 4.79 Å². The lowest BCUT2D eigenvalue weighted by molar-refractivity contribution is 0.102. The molecule has 0 aliphatic carbocycles. The van der Waals surface area contributed by atoms with Gasteiger partial charge in [-0.25, -0.2) is 0 Å². The molecule has 0 unspecified atom stereocenters. The standard InChI is InChI=1S/C19H16OS/c1-14-6-2-5-9-18(14)19(20)13-21-17-11-10-15-7-3-4-8-16(15)12-17/h2-12H,13H2,1H3. The van der Waals surface area contributed by atoms with Crippen molar-refractivity contribution in [3.63, 3.8) is 0 Å². The number of hydrogen-bond donors (Lipinski definition) is 0. The van der Waals surface area contributed by atoms with Crippen molar-refractivity contribution in [2.45, 2.75) is 11.8 Å². The van der Waals surface area contributed by atoms with Gasteiger partial charge in [-0.15, -0.1) is 11.8 Å². The van der Waals surface area contributed by atoms with Crippen molar-refractivity contribution in [1.82, 2.24) is 0 Å². The third kappa shape index (κ3) is 3.17. The SMILES string of the molecule is Cc1ccccc1C(=O)CSc1ccc2ccccc2c1. The monoisotopic (exact) mass is 292 g/mol. The minimum Gasteiger partial charge on any atom is -0.293 e. The van der Waals surface area contributed by atoms with E-state index in [9.17, 15) is 4.79 Å². The van der Waals surface area contributed by atoms with E-state index < -0.39 is 0 Å². The lowest BCUT2D eigenvalue weighted by Crippen LogP contribution is -2.04. The van der Waals surface area contributed by atoms with Crippen LogP contribution in [0.3, 0.4) is 0 Å². The molecule has 21 heavy (non-hydrogen) atoms. The highest BCUT2D eigenvalue weighted by atomic mass is 32.2. The van der Waals surface area contributed by atoms with E-state index >= 15 is 0 Å². The van der Waals surface area contributed by atoms with E-state index in [2.05, 4.69) is 30.3 Å². The van der Waals surface area contributed by atoms with Crippen LogP contribution in [0.15, 0.2) is 71.6 Å². The maximum atomic E-state index is 12.3. The molecule has 0 amide bonds. The molecule has 0 atom stereocenters. The Morgan fingerprint density at radius 1 is 0.905 bits per heavy atom. The Balaban J connectivity index is 1.74. The average molecular weight is 292 g/mol. The summed E-state index contributed by atoms with van der Waals surface area (Å²) in [5.74, 6) is 0.662. The molecule has 0 spiro atoms. The Morgan fingerprint density at radius 3 is 2.43 bits per heavy atom. The lowest BCUT2D eigenvalue weighted by Gasteiger charge is -2.05. The van der Waals surface area contributed by atoms with Gasteiger partial charge in [0, 0.05) is 10.5 Å². The molecule has 104 valence electrons. The minimum absolute atomic E-state index is 0.186. The van der Waals surface area contributed by atoms with Gasteiger partial charge in [-0.05, 0) is 35.4 Å². The van der Waals surface area contributed by atoms with Crippen molar-refractivity contribution in [1.29, 1.82) is 0 Å². The summed E-state index contributed by atoms with van der Waals surface area (Å²) in [5, 5.41) is 2.44. The number of fused-ring (bicyclic) bond motifs is 1. The first-order chi connectivity index (χ1) is 10.2. The van der Waals surface area contributed by atoms with Crippen LogP contribution in [0.1, 0.15) is 15.9 Å². The van der Waals surface area contributed by atoms with Gasteiger partial charge in [-0.2, -0.15) is 0 Å². The Labute approximate surface area is 129 Å². The second-order valence-corrected chi connectivity index (χ2v) is 6.08. The van der Waals surface area contributed by atoms with E-state index in [1.165, 1.54) is 10.8 Å². The molecule has 3 rings (SSSR count). The summed E-state index contributed by atoms with van der Waals surface area (Å²) in [6, 6.07) is 22.4. The molecule has 2 heteroatoms. The van der Waals surface area contributed by atoms with E-state index in [4.69, 9.17) is 0 Å². The first kappa shape index (κ1) is 13.9. The number of carbonyl (C=O) groups excluding carboxylic acids is 1. The van der Waals surface area contributed by atoms with Crippen LogP contribution in [0.25, 0.3) is 10.8 Å². The third-order valence-corrected chi connectivity index (χ3v) is 4.53. The van der Waals surface area contributed by atoms with Gasteiger partial charge < -0.3 is 0 Å². The first-order valence-corrected chi connectivity index (χ1v) is 7.93. The molecule has 0 saturated heterocycles. The molecule has 0 fully saturated rings. The van der Waals surface area contributed by atoms with E-state index in [0.717, 1.165) is 16.0 Å². The number of hydrogen-bond acceptors (Lipinski definition) is 2. The summed E-state index contributed by atoms with van der Waals surface area (Å²) in [4.78, 5) is 13.4. The molecule has 0 aliphatic rings. The zero-order chi connectivity index (χ0) is 14.7. The fourth-order valence-electron chi connectivity index (χ4n) is 2.37. The van der Waals surface area contributed by atoms with Crippen LogP contribution in [-0.2, 0) is 0 Å². The Morgan fingerprint density at radius 2 is 1.62 bits per heavy atom. The van der Waals surface area contributed by atoms with Gasteiger partial charge in [-0.1, -0.05) is 54.6 Å². The van der Waals surface area contributed by atoms with Gasteiger partial charge in [-0.3, -0.25) is 4.79 Å². The van der Waals surface area contributed by atoms with Gasteiger partial charge in [0.15, 0.2) is 5.78 Å². The highest BCUT2D eigenvalue weighted by Crippen LogP contribution is 2.24. The normalized spacial score (nSPS) is 10.7. The number of benzene rings is 3. The quantitative estimate of drug-likeness (QED) is 0.490. The molecule has 0 saturated carbocycles. The molecule has 0 aromatic heterocycles. The molecule has 0 aliphatic heterocycles. The minimum atomic E-state index is 0.186. The zero-order valence-corrected chi connectivity index (χ0v) is 12.7. The van der Waals surface area contributed by atoms with Crippen molar-refractivity contribution in [3.8, 4) is 0 Å². The summed E-state index contributed by atoms with van der Waals surface area (Å²) in [7, 11) is 0. The van der Waals surface area contributed by atoms with Crippen LogP contribution in [0.5, 0.6) is 0 Å². The zero-order valence-electron chi connectivity index (χ0n) is 11.9. The van der Waals surface area contributed by atoms with Crippen LogP contribution >= 0.6 is 11.8 Å². The molecule has 0 bridgehead atoms. The highest BCUT2D eigenvalue weighted by molar-refractivity contribution is 8.00. The summed E-state index contributed by atoms with van der Waals surface area (Å²) >= 11 is 1.60. The van der Waals surface area contributed by atoms with E-state index in [1.54, 1.807) is 11.8 Å². The fourth-order valence-corrected chi connectivity index (χ4v) is 3.20. The average Bonchev–Trinajstić information content (AvgIpc) is 2.53.